The van der Waals surface area contributed by atoms with Gasteiger partial charge < -0.3 is 0 Å². The van der Waals surface area contributed by atoms with Gasteiger partial charge in [0.25, 0.3) is 0 Å². The Morgan fingerprint density at radius 1 is 1.17 bits per heavy atom. The van der Waals surface area contributed by atoms with Crippen LogP contribution in [0.15, 0.2) is 11.6 Å². The van der Waals surface area contributed by atoms with Gasteiger partial charge in [0.05, 0.1) is 0 Å². The molecule has 128 valence electrons. The average molecular weight is 325 g/mol. The number of ketones is 2. The van der Waals surface area contributed by atoms with E-state index in [4.69, 9.17) is 0 Å². The zero-order chi connectivity index (χ0) is 16.4. The Kier molecular flexibility index (Phi) is 2.41. The molecule has 2 bridgehead atoms. The Bertz CT molecular complexity index is 711. The van der Waals surface area contributed by atoms with Gasteiger partial charge in [-0.1, -0.05) is 19.4 Å². The number of carbonyl (C=O) groups is 2. The van der Waals surface area contributed by atoms with E-state index < -0.39 is 0 Å². The Balaban J connectivity index is 1.64. The summed E-state index contributed by atoms with van der Waals surface area (Å²) in [6.07, 6.45) is 7.21. The van der Waals surface area contributed by atoms with Crippen LogP contribution in [0.4, 0.5) is 0 Å². The second-order valence-corrected chi connectivity index (χ2v) is 9.89. The SMILES string of the molecule is CC1CN2CC3CCC4=CC(=O)C5CCC6(C(=O)C1CC2C36C)C45. The molecule has 24 heavy (non-hydrogen) atoms. The number of nitrogens with zero attached hydrogens (tertiary/aromatic N) is 1. The summed E-state index contributed by atoms with van der Waals surface area (Å²) < 4.78 is 0. The highest BCUT2D eigenvalue weighted by Crippen LogP contribution is 2.74. The highest BCUT2D eigenvalue weighted by atomic mass is 16.1. The first-order valence-electron chi connectivity index (χ1n) is 10.0. The van der Waals surface area contributed by atoms with Crippen LogP contribution in [0.5, 0.6) is 0 Å². The van der Waals surface area contributed by atoms with Crippen molar-refractivity contribution < 1.29 is 9.59 Å². The van der Waals surface area contributed by atoms with Crippen LogP contribution < -0.4 is 0 Å². The van der Waals surface area contributed by atoms with E-state index in [9.17, 15) is 9.59 Å². The smallest absolute Gasteiger partial charge is 0.159 e. The molecule has 0 aromatic rings. The lowest BCUT2D eigenvalue weighted by Gasteiger charge is -2.60. The van der Waals surface area contributed by atoms with Gasteiger partial charge in [0.2, 0.25) is 0 Å². The first-order valence-corrected chi connectivity index (χ1v) is 10.0. The van der Waals surface area contributed by atoms with Gasteiger partial charge in [0.1, 0.15) is 5.78 Å². The van der Waals surface area contributed by atoms with Crippen LogP contribution in [0.2, 0.25) is 0 Å². The molecule has 3 saturated carbocycles. The van der Waals surface area contributed by atoms with Gasteiger partial charge in [-0.05, 0) is 50.0 Å². The molecule has 1 spiro atoms. The minimum atomic E-state index is -0.228. The summed E-state index contributed by atoms with van der Waals surface area (Å²) in [5, 5.41) is 0. The van der Waals surface area contributed by atoms with Crippen molar-refractivity contribution in [2.45, 2.75) is 52.0 Å². The van der Waals surface area contributed by atoms with Gasteiger partial charge in [-0.25, -0.2) is 0 Å². The van der Waals surface area contributed by atoms with E-state index in [1.165, 1.54) is 18.5 Å². The van der Waals surface area contributed by atoms with Gasteiger partial charge in [-0.15, -0.1) is 0 Å². The number of fused-ring (bicyclic) bond motifs is 1. The highest BCUT2D eigenvalue weighted by molar-refractivity contribution is 6.00. The van der Waals surface area contributed by atoms with Gasteiger partial charge in [0, 0.05) is 47.7 Å². The third kappa shape index (κ3) is 1.23. The lowest BCUT2D eigenvalue weighted by atomic mass is 9.44. The molecule has 0 aromatic carbocycles. The van der Waals surface area contributed by atoms with E-state index in [2.05, 4.69) is 18.7 Å². The van der Waals surface area contributed by atoms with Crippen molar-refractivity contribution in [1.82, 2.24) is 4.90 Å². The molecular formula is C21H27NO2. The number of carbonyl (C=O) groups excluding carboxylic acids is 2. The fourth-order valence-corrected chi connectivity index (χ4v) is 8.59. The highest BCUT2D eigenvalue weighted by Gasteiger charge is 2.76. The number of piperidine rings is 1. The minimum absolute atomic E-state index is 0.0976. The molecule has 6 aliphatic rings. The number of allylic oxidation sites excluding steroid dienone is 2. The van der Waals surface area contributed by atoms with Crippen LogP contribution in [0.1, 0.15) is 46.0 Å². The summed E-state index contributed by atoms with van der Waals surface area (Å²) in [4.78, 5) is 29.3. The van der Waals surface area contributed by atoms with Gasteiger partial charge in [0.15, 0.2) is 5.78 Å². The van der Waals surface area contributed by atoms with E-state index in [0.29, 0.717) is 29.4 Å². The molecule has 8 unspecified atom stereocenters. The number of Topliss-reactive ketones (excluding diaryl/α,β-unsaturated/α-hetero) is 1. The quantitative estimate of drug-likeness (QED) is 0.687. The van der Waals surface area contributed by atoms with Crippen molar-refractivity contribution in [2.75, 3.05) is 13.1 Å². The first kappa shape index (κ1) is 14.2. The normalized spacial score (nSPS) is 57.8. The van der Waals surface area contributed by atoms with E-state index in [0.717, 1.165) is 32.2 Å². The molecule has 0 amide bonds. The van der Waals surface area contributed by atoms with Crippen LogP contribution >= 0.6 is 0 Å². The van der Waals surface area contributed by atoms with Gasteiger partial charge >= 0.3 is 0 Å². The van der Waals surface area contributed by atoms with Crippen molar-refractivity contribution in [2.24, 2.45) is 40.4 Å². The van der Waals surface area contributed by atoms with Crippen molar-refractivity contribution in [3.8, 4) is 0 Å². The van der Waals surface area contributed by atoms with E-state index >= 15 is 0 Å². The Morgan fingerprint density at radius 3 is 2.83 bits per heavy atom. The average Bonchev–Trinajstić information content (AvgIpc) is 3.15. The van der Waals surface area contributed by atoms with Crippen LogP contribution in [-0.2, 0) is 9.59 Å². The zero-order valence-corrected chi connectivity index (χ0v) is 14.8. The van der Waals surface area contributed by atoms with Crippen molar-refractivity contribution >= 4 is 11.6 Å². The van der Waals surface area contributed by atoms with E-state index in [1.807, 2.05) is 6.08 Å². The maximum Gasteiger partial charge on any atom is 0.159 e. The molecular weight excluding hydrogens is 298 g/mol. The summed E-state index contributed by atoms with van der Waals surface area (Å²) in [7, 11) is 0. The molecule has 4 aliphatic carbocycles. The number of rotatable bonds is 0. The molecule has 0 aromatic heterocycles. The predicted octanol–water partition coefficient (Wildman–Crippen LogP) is 2.85. The molecule has 3 heteroatoms. The molecule has 5 fully saturated rings. The standard InChI is InChI=1S/C21H27NO2/c1-11-9-22-10-13-4-3-12-7-16(23)14-5-6-21(18(12)14)19(24)15(11)8-17(22)20(13,21)2/h7,11,13-15,17-18H,3-6,8-10H2,1-2H3. The zero-order valence-electron chi connectivity index (χ0n) is 14.8. The lowest BCUT2D eigenvalue weighted by Crippen LogP contribution is -2.66. The molecule has 6 rings (SSSR count). The monoisotopic (exact) mass is 325 g/mol. The molecule has 0 N–H and O–H groups in total. The van der Waals surface area contributed by atoms with Crippen LogP contribution in [-0.4, -0.2) is 35.6 Å². The summed E-state index contributed by atoms with van der Waals surface area (Å²) in [6.45, 7) is 7.04. The van der Waals surface area contributed by atoms with Crippen molar-refractivity contribution in [3.05, 3.63) is 11.6 Å². The number of hydrogen-bond acceptors (Lipinski definition) is 3. The molecule has 2 heterocycles. The Labute approximate surface area is 143 Å². The van der Waals surface area contributed by atoms with Crippen LogP contribution in [0, 0.1) is 40.4 Å². The summed E-state index contributed by atoms with van der Waals surface area (Å²) >= 11 is 0. The molecule has 0 radical (unpaired) electrons. The van der Waals surface area contributed by atoms with Crippen LogP contribution in [0.25, 0.3) is 0 Å². The van der Waals surface area contributed by atoms with Gasteiger partial charge in [-0.3, -0.25) is 14.5 Å². The lowest BCUT2D eigenvalue weighted by molar-refractivity contribution is -0.167. The largest absolute Gasteiger partial charge is 0.299 e. The number of hydrogen-bond donors (Lipinski definition) is 0. The second-order valence-electron chi connectivity index (χ2n) is 9.89. The summed E-state index contributed by atoms with van der Waals surface area (Å²) in [5.41, 5.74) is 1.22. The maximum atomic E-state index is 14.0. The molecule has 3 nitrogen and oxygen atoms in total. The van der Waals surface area contributed by atoms with E-state index in [1.54, 1.807) is 0 Å². The summed E-state index contributed by atoms with van der Waals surface area (Å²) in [5.74, 6) is 2.64. The van der Waals surface area contributed by atoms with Crippen molar-refractivity contribution in [1.29, 1.82) is 0 Å². The fraction of sp³-hybridized carbons (Fsp3) is 0.810. The topological polar surface area (TPSA) is 37.4 Å². The summed E-state index contributed by atoms with van der Waals surface area (Å²) in [6, 6.07) is 0.579. The third-order valence-corrected chi connectivity index (χ3v) is 9.52. The second kappa shape index (κ2) is 4.06. The maximum absolute atomic E-state index is 14.0. The molecule has 2 aliphatic heterocycles. The Morgan fingerprint density at radius 2 is 2.00 bits per heavy atom. The Hall–Kier alpha value is -0.960. The van der Waals surface area contributed by atoms with Gasteiger partial charge in [-0.2, -0.15) is 0 Å². The third-order valence-electron chi connectivity index (χ3n) is 9.52. The van der Waals surface area contributed by atoms with Crippen molar-refractivity contribution in [3.63, 3.8) is 0 Å². The molecule has 2 saturated heterocycles. The van der Waals surface area contributed by atoms with E-state index in [-0.39, 0.29) is 28.6 Å². The van der Waals surface area contributed by atoms with Crippen LogP contribution in [0.3, 0.4) is 0 Å². The minimum Gasteiger partial charge on any atom is -0.299 e. The first-order chi connectivity index (χ1) is 11.5. The molecule has 8 atom stereocenters. The fourth-order valence-electron chi connectivity index (χ4n) is 8.59. The predicted molar refractivity (Wildman–Crippen MR) is 90.2 cm³/mol.